The zero-order chi connectivity index (χ0) is 27.7. The van der Waals surface area contributed by atoms with Gasteiger partial charge in [-0.05, 0) is 43.4 Å². The summed E-state index contributed by atoms with van der Waals surface area (Å²) in [4.78, 5) is 50.4. The van der Waals surface area contributed by atoms with Crippen LogP contribution in [0.25, 0.3) is 10.2 Å². The van der Waals surface area contributed by atoms with Crippen LogP contribution in [0, 0.1) is 12.8 Å². The molecule has 10 nitrogen and oxygen atoms in total. The normalized spacial score (nSPS) is 18.6. The van der Waals surface area contributed by atoms with E-state index in [1.54, 1.807) is 23.4 Å². The fraction of sp³-hybridized carbons (Fsp3) is 0.393. The first kappa shape index (κ1) is 26.6. The van der Waals surface area contributed by atoms with Gasteiger partial charge in [-0.15, -0.1) is 11.3 Å². The Morgan fingerprint density at radius 2 is 1.97 bits per heavy atom. The van der Waals surface area contributed by atoms with Crippen molar-refractivity contribution in [3.05, 3.63) is 47.6 Å². The number of hydrogen-bond acceptors (Lipinski definition) is 7. The van der Waals surface area contributed by atoms with Gasteiger partial charge in [-0.3, -0.25) is 14.5 Å². The largest absolute Gasteiger partial charge is 0.477 e. The van der Waals surface area contributed by atoms with Gasteiger partial charge in [0.15, 0.2) is 0 Å². The summed E-state index contributed by atoms with van der Waals surface area (Å²) in [5.41, 5.74) is 2.51. The number of ether oxygens (including phenoxy) is 1. The molecule has 3 N–H and O–H groups in total. The van der Waals surface area contributed by atoms with E-state index in [-0.39, 0.29) is 23.9 Å². The molecule has 0 radical (unpaired) electrons. The van der Waals surface area contributed by atoms with E-state index < -0.39 is 6.03 Å². The van der Waals surface area contributed by atoms with Gasteiger partial charge >= 0.3 is 6.03 Å². The second-order valence-electron chi connectivity index (χ2n) is 10.3. The maximum Gasteiger partial charge on any atom is 0.331 e. The summed E-state index contributed by atoms with van der Waals surface area (Å²) in [6.07, 6.45) is 7.95. The van der Waals surface area contributed by atoms with Crippen molar-refractivity contribution in [3.63, 3.8) is 0 Å². The quantitative estimate of drug-likeness (QED) is 0.338. The summed E-state index contributed by atoms with van der Waals surface area (Å²) >= 11 is 1.23. The molecule has 3 aromatic rings. The Morgan fingerprint density at radius 3 is 2.67 bits per heavy atom. The smallest absolute Gasteiger partial charge is 0.331 e. The molecule has 3 aromatic heterocycles. The lowest BCUT2D eigenvalue weighted by Gasteiger charge is -2.32. The molecule has 2 atom stereocenters. The van der Waals surface area contributed by atoms with Gasteiger partial charge in [-0.2, -0.15) is 0 Å². The minimum atomic E-state index is -0.392. The second kappa shape index (κ2) is 11.0. The average molecular weight is 549 g/mol. The third-order valence-electron chi connectivity index (χ3n) is 6.91. The monoisotopic (exact) mass is 548 g/mol. The van der Waals surface area contributed by atoms with Crippen LogP contribution < -0.4 is 25.6 Å². The van der Waals surface area contributed by atoms with Crippen molar-refractivity contribution in [2.45, 2.75) is 58.5 Å². The number of nitrogens with one attached hydrogen (secondary N) is 3. The van der Waals surface area contributed by atoms with E-state index in [0.717, 1.165) is 31.2 Å². The summed E-state index contributed by atoms with van der Waals surface area (Å²) in [5.74, 6) is 0.302. The van der Waals surface area contributed by atoms with E-state index >= 15 is 0 Å². The van der Waals surface area contributed by atoms with Crippen LogP contribution in [0.2, 0.25) is 0 Å². The number of nitrogens with zero attached hydrogens (tertiary/aromatic N) is 3. The van der Waals surface area contributed by atoms with Crippen LogP contribution in [-0.4, -0.2) is 46.5 Å². The van der Waals surface area contributed by atoms with Gasteiger partial charge in [0, 0.05) is 24.3 Å². The van der Waals surface area contributed by atoms with Crippen molar-refractivity contribution in [1.29, 1.82) is 0 Å². The zero-order valence-corrected chi connectivity index (χ0v) is 23.1. The third kappa shape index (κ3) is 5.31. The maximum atomic E-state index is 13.5. The van der Waals surface area contributed by atoms with Crippen LogP contribution in [0.5, 0.6) is 5.88 Å². The highest BCUT2D eigenvalue weighted by Gasteiger charge is 2.35. The van der Waals surface area contributed by atoms with Gasteiger partial charge in [-0.1, -0.05) is 33.3 Å². The van der Waals surface area contributed by atoms with E-state index in [4.69, 9.17) is 4.74 Å². The maximum absolute atomic E-state index is 13.5. The van der Waals surface area contributed by atoms with E-state index in [9.17, 15) is 14.4 Å². The van der Waals surface area contributed by atoms with Crippen molar-refractivity contribution in [2.24, 2.45) is 5.92 Å². The van der Waals surface area contributed by atoms with Crippen molar-refractivity contribution in [1.82, 2.24) is 20.6 Å². The Hall–Kier alpha value is -3.99. The Morgan fingerprint density at radius 1 is 1.23 bits per heavy atom. The number of carbonyl (C=O) groups is 3. The number of aromatic nitrogens is 2. The van der Waals surface area contributed by atoms with E-state index in [1.807, 2.05) is 13.0 Å². The predicted octanol–water partition coefficient (Wildman–Crippen LogP) is 5.06. The summed E-state index contributed by atoms with van der Waals surface area (Å²) in [6.45, 7) is 10.1. The molecule has 0 spiro atoms. The number of carbonyl (C=O) groups excluding carboxylic acids is 3. The molecule has 1 fully saturated rings. The molecule has 0 aromatic carbocycles. The van der Waals surface area contributed by atoms with Crippen LogP contribution in [0.4, 0.5) is 21.9 Å². The molecular weight excluding hydrogens is 516 g/mol. The standard InChI is InChI=1S/C28H32N6O4S/c1-5-21(35)31-17-8-6-7-9-18(17)32-26(36)25-24-23-19(10-11-29-27(23)39-25)34(28(37)33-24)20-13-30-22(12-16(20)4)38-14-15(2)3/h5,10-13,15,17-18H,1,6-9,14H2,2-4H3,(H,31,35)(H,32,36)(H,33,37)/t17?,18-/m1/s1. The second-order valence-corrected chi connectivity index (χ2v) is 11.3. The molecule has 1 aliphatic heterocycles. The molecule has 4 heterocycles. The molecule has 1 unspecified atom stereocenters. The van der Waals surface area contributed by atoms with Crippen molar-refractivity contribution in [2.75, 3.05) is 16.8 Å². The summed E-state index contributed by atoms with van der Waals surface area (Å²) < 4.78 is 5.75. The Labute approximate surface area is 230 Å². The summed E-state index contributed by atoms with van der Waals surface area (Å²) in [7, 11) is 0. The number of anilines is 3. The van der Waals surface area contributed by atoms with Gasteiger partial charge in [0.2, 0.25) is 11.8 Å². The SMILES string of the molecule is C=CC(=O)NC1CCCC[C@H]1NC(=O)c1sc2nccc3c2c1NC(=O)N3c1cnc(OCC(C)C)cc1C. The minimum absolute atomic E-state index is 0.180. The van der Waals surface area contributed by atoms with Crippen LogP contribution >= 0.6 is 11.3 Å². The molecular formula is C28H32N6O4S. The molecule has 5 rings (SSSR count). The molecule has 4 amide bonds. The van der Waals surface area contributed by atoms with Crippen LogP contribution in [0.15, 0.2) is 37.2 Å². The van der Waals surface area contributed by atoms with Crippen LogP contribution in [0.3, 0.4) is 0 Å². The van der Waals surface area contributed by atoms with E-state index in [1.165, 1.54) is 17.4 Å². The Kier molecular flexibility index (Phi) is 7.51. The third-order valence-corrected chi connectivity index (χ3v) is 8.01. The number of pyridine rings is 2. The van der Waals surface area contributed by atoms with Gasteiger partial charge in [0.1, 0.15) is 9.71 Å². The van der Waals surface area contributed by atoms with Crippen LogP contribution in [-0.2, 0) is 4.79 Å². The fourth-order valence-corrected chi connectivity index (χ4v) is 6.05. The number of urea groups is 1. The van der Waals surface area contributed by atoms with Gasteiger partial charge in [0.05, 0.1) is 35.3 Å². The van der Waals surface area contributed by atoms with Crippen molar-refractivity contribution in [3.8, 4) is 5.88 Å². The lowest BCUT2D eigenvalue weighted by atomic mass is 9.90. The van der Waals surface area contributed by atoms with Crippen molar-refractivity contribution >= 4 is 56.5 Å². The topological polar surface area (TPSA) is 126 Å². The highest BCUT2D eigenvalue weighted by atomic mass is 32.1. The number of thiophene rings is 1. The highest BCUT2D eigenvalue weighted by molar-refractivity contribution is 7.21. The number of hydrogen-bond donors (Lipinski definition) is 3. The lowest BCUT2D eigenvalue weighted by Crippen LogP contribution is -2.52. The van der Waals surface area contributed by atoms with Crippen LogP contribution in [0.1, 0.15) is 54.8 Å². The molecule has 11 heteroatoms. The molecule has 39 heavy (non-hydrogen) atoms. The Bertz CT molecular complexity index is 1450. The number of rotatable bonds is 8. The molecule has 0 bridgehead atoms. The summed E-state index contributed by atoms with van der Waals surface area (Å²) in [6, 6.07) is 2.79. The fourth-order valence-electron chi connectivity index (χ4n) is 5.02. The highest BCUT2D eigenvalue weighted by Crippen LogP contribution is 2.46. The number of amides is 4. The first-order chi connectivity index (χ1) is 18.8. The van der Waals surface area contributed by atoms with Gasteiger partial charge in [-0.25, -0.2) is 14.8 Å². The van der Waals surface area contributed by atoms with E-state index in [0.29, 0.717) is 50.6 Å². The minimum Gasteiger partial charge on any atom is -0.477 e. The Balaban J connectivity index is 1.45. The molecule has 1 aliphatic carbocycles. The molecule has 0 saturated heterocycles. The van der Waals surface area contributed by atoms with E-state index in [2.05, 4.69) is 46.3 Å². The molecule has 204 valence electrons. The lowest BCUT2D eigenvalue weighted by molar-refractivity contribution is -0.117. The predicted molar refractivity (Wildman–Crippen MR) is 152 cm³/mol. The first-order valence-corrected chi connectivity index (χ1v) is 13.9. The molecule has 2 aliphatic rings. The van der Waals surface area contributed by atoms with Gasteiger partial charge < -0.3 is 20.7 Å². The van der Waals surface area contributed by atoms with Crippen molar-refractivity contribution < 1.29 is 19.1 Å². The average Bonchev–Trinajstić information content (AvgIpc) is 3.29. The first-order valence-electron chi connectivity index (χ1n) is 13.1. The molecule has 1 saturated carbocycles. The zero-order valence-electron chi connectivity index (χ0n) is 22.2. The van der Waals surface area contributed by atoms with Gasteiger partial charge in [0.25, 0.3) is 5.91 Å². The summed E-state index contributed by atoms with van der Waals surface area (Å²) in [5, 5.41) is 9.65. The number of aryl methyl sites for hydroxylation is 1.